The predicted molar refractivity (Wildman–Crippen MR) is 124 cm³/mol. The van der Waals surface area contributed by atoms with Gasteiger partial charge in [-0.25, -0.2) is 8.42 Å². The molecule has 0 fully saturated rings. The van der Waals surface area contributed by atoms with E-state index in [9.17, 15) is 31.2 Å². The number of hydrogen-bond donors (Lipinski definition) is 1. The van der Waals surface area contributed by atoms with Gasteiger partial charge in [0, 0.05) is 18.1 Å². The highest BCUT2D eigenvalue weighted by molar-refractivity contribution is 7.92. The summed E-state index contributed by atoms with van der Waals surface area (Å²) in [5, 5.41) is 2.93. The van der Waals surface area contributed by atoms with E-state index in [-0.39, 0.29) is 12.2 Å². The van der Waals surface area contributed by atoms with Gasteiger partial charge in [-0.15, -0.1) is 0 Å². The van der Waals surface area contributed by atoms with Crippen molar-refractivity contribution in [3.8, 4) is 0 Å². The summed E-state index contributed by atoms with van der Waals surface area (Å²) in [7, 11) is -4.15. The van der Waals surface area contributed by atoms with Gasteiger partial charge in [-0.2, -0.15) is 13.2 Å². The van der Waals surface area contributed by atoms with Gasteiger partial charge >= 0.3 is 6.18 Å². The minimum atomic E-state index is -4.70. The smallest absolute Gasteiger partial charge is 0.355 e. The number of halogens is 4. The van der Waals surface area contributed by atoms with Gasteiger partial charge in [0.2, 0.25) is 21.8 Å². The lowest BCUT2D eigenvalue weighted by molar-refractivity contribution is -0.139. The van der Waals surface area contributed by atoms with Gasteiger partial charge in [0.25, 0.3) is 0 Å². The van der Waals surface area contributed by atoms with Crippen molar-refractivity contribution < 1.29 is 31.2 Å². The molecule has 12 heteroatoms. The van der Waals surface area contributed by atoms with Crippen LogP contribution in [0.5, 0.6) is 0 Å². The van der Waals surface area contributed by atoms with Crippen LogP contribution >= 0.6 is 11.6 Å². The van der Waals surface area contributed by atoms with Crippen LogP contribution in [0.4, 0.5) is 18.9 Å². The summed E-state index contributed by atoms with van der Waals surface area (Å²) in [6.07, 6.45) is -3.92. The fourth-order valence-corrected chi connectivity index (χ4v) is 4.20. The Balaban J connectivity index is 2.45. The molecule has 0 aliphatic heterocycles. The molecule has 0 unspecified atom stereocenters. The monoisotopic (exact) mass is 519 g/mol. The largest absolute Gasteiger partial charge is 0.416 e. The summed E-state index contributed by atoms with van der Waals surface area (Å²) in [5.74, 6) is -1.27. The van der Waals surface area contributed by atoms with Gasteiger partial charge in [-0.1, -0.05) is 35.9 Å². The zero-order valence-corrected chi connectivity index (χ0v) is 20.3. The van der Waals surface area contributed by atoms with Crippen molar-refractivity contribution in [3.63, 3.8) is 0 Å². The zero-order chi connectivity index (χ0) is 25.7. The Hall–Kier alpha value is -2.79. The summed E-state index contributed by atoms with van der Waals surface area (Å²) < 4.78 is 65.0. The fourth-order valence-electron chi connectivity index (χ4n) is 3.17. The van der Waals surface area contributed by atoms with Gasteiger partial charge in [-0.3, -0.25) is 13.9 Å². The topological polar surface area (TPSA) is 86.8 Å². The molecule has 0 saturated carbocycles. The molecule has 186 valence electrons. The molecule has 0 aliphatic carbocycles. The van der Waals surface area contributed by atoms with Crippen LogP contribution in [0.25, 0.3) is 0 Å². The zero-order valence-electron chi connectivity index (χ0n) is 18.8. The van der Waals surface area contributed by atoms with Crippen LogP contribution < -0.4 is 9.62 Å². The molecule has 1 N–H and O–H groups in total. The quantitative estimate of drug-likeness (QED) is 0.547. The molecule has 0 heterocycles. The third-order valence-electron chi connectivity index (χ3n) is 4.96. The lowest BCUT2D eigenvalue weighted by Gasteiger charge is -2.31. The van der Waals surface area contributed by atoms with Crippen molar-refractivity contribution in [2.45, 2.75) is 32.6 Å². The lowest BCUT2D eigenvalue weighted by Crippen LogP contribution is -2.51. The summed E-state index contributed by atoms with van der Waals surface area (Å²) in [6.45, 7) is 2.54. The molecule has 0 spiro atoms. The van der Waals surface area contributed by atoms with Crippen molar-refractivity contribution in [2.75, 3.05) is 23.7 Å². The number of carbonyl (C=O) groups excluding carboxylic acids is 2. The highest BCUT2D eigenvalue weighted by Gasteiger charge is 2.33. The molecule has 0 aliphatic rings. The summed E-state index contributed by atoms with van der Waals surface area (Å²) >= 11 is 6.20. The Kier molecular flexibility index (Phi) is 8.96. The van der Waals surface area contributed by atoms with E-state index in [2.05, 4.69) is 5.32 Å². The van der Waals surface area contributed by atoms with E-state index in [1.54, 1.807) is 31.2 Å². The van der Waals surface area contributed by atoms with E-state index in [0.717, 1.165) is 29.4 Å². The molecule has 0 aromatic heterocycles. The normalized spacial score (nSPS) is 12.7. The Morgan fingerprint density at radius 1 is 1.12 bits per heavy atom. The van der Waals surface area contributed by atoms with Crippen molar-refractivity contribution in [1.29, 1.82) is 0 Å². The van der Waals surface area contributed by atoms with Crippen LogP contribution in [-0.4, -0.2) is 50.5 Å². The average molecular weight is 520 g/mol. The summed E-state index contributed by atoms with van der Waals surface area (Å²) in [6, 6.07) is 9.28. The van der Waals surface area contributed by atoms with Crippen LogP contribution in [-0.2, 0) is 32.3 Å². The number of sulfonamides is 1. The Morgan fingerprint density at radius 3 is 2.32 bits per heavy atom. The highest BCUT2D eigenvalue weighted by atomic mass is 35.5. The number of alkyl halides is 3. The number of nitrogens with one attached hydrogen (secondary N) is 1. The van der Waals surface area contributed by atoms with E-state index in [1.807, 2.05) is 0 Å². The van der Waals surface area contributed by atoms with Crippen LogP contribution in [0.2, 0.25) is 5.02 Å². The molecular weight excluding hydrogens is 495 g/mol. The minimum absolute atomic E-state index is 0.114. The van der Waals surface area contributed by atoms with Gasteiger partial charge in [-0.05, 0) is 43.7 Å². The second kappa shape index (κ2) is 11.1. The molecule has 0 bridgehead atoms. The van der Waals surface area contributed by atoms with Gasteiger partial charge in [0.15, 0.2) is 0 Å². The number of rotatable bonds is 9. The predicted octanol–water partition coefficient (Wildman–Crippen LogP) is 3.68. The minimum Gasteiger partial charge on any atom is -0.355 e. The first-order chi connectivity index (χ1) is 15.8. The van der Waals surface area contributed by atoms with Gasteiger partial charge < -0.3 is 10.2 Å². The Labute approximate surface area is 201 Å². The molecule has 34 heavy (non-hydrogen) atoms. The SMILES string of the molecule is CCNC(=O)[C@@H](C)N(Cc1ccccc1Cl)C(=O)CN(c1cccc(C(F)(F)F)c1)S(C)(=O)=O. The van der Waals surface area contributed by atoms with Crippen LogP contribution in [0.1, 0.15) is 25.0 Å². The standard InChI is InChI=1S/C22H25ClF3N3O4S/c1-4-27-21(31)15(2)28(13-16-8-5-6-11-19(16)23)20(30)14-29(34(3,32)33)18-10-7-9-17(12-18)22(24,25)26/h5-12,15H,4,13-14H2,1-3H3,(H,27,31)/t15-/m1/s1. The number of nitrogens with zero attached hydrogens (tertiary/aromatic N) is 2. The molecule has 2 amide bonds. The molecule has 2 aromatic rings. The van der Waals surface area contributed by atoms with E-state index >= 15 is 0 Å². The van der Waals surface area contributed by atoms with E-state index in [0.29, 0.717) is 27.5 Å². The maximum atomic E-state index is 13.3. The number of carbonyl (C=O) groups is 2. The van der Waals surface area contributed by atoms with Crippen molar-refractivity contribution in [2.24, 2.45) is 0 Å². The first-order valence-corrected chi connectivity index (χ1v) is 12.4. The van der Waals surface area contributed by atoms with Crippen molar-refractivity contribution in [3.05, 3.63) is 64.7 Å². The molecule has 2 rings (SSSR count). The van der Waals surface area contributed by atoms with E-state index in [4.69, 9.17) is 11.6 Å². The van der Waals surface area contributed by atoms with E-state index < -0.39 is 46.2 Å². The molecule has 0 radical (unpaired) electrons. The number of hydrogen-bond acceptors (Lipinski definition) is 4. The van der Waals surface area contributed by atoms with E-state index in [1.165, 1.54) is 6.92 Å². The molecule has 0 saturated heterocycles. The third-order valence-corrected chi connectivity index (χ3v) is 6.47. The Bertz CT molecular complexity index is 1140. The maximum absolute atomic E-state index is 13.3. The average Bonchev–Trinajstić information content (AvgIpc) is 2.75. The maximum Gasteiger partial charge on any atom is 0.416 e. The number of benzene rings is 2. The van der Waals surface area contributed by atoms with Crippen LogP contribution in [0, 0.1) is 0 Å². The van der Waals surface area contributed by atoms with Gasteiger partial charge in [0.1, 0.15) is 12.6 Å². The number of amides is 2. The number of likely N-dealkylation sites (N-methyl/N-ethyl adjacent to an activating group) is 1. The fraction of sp³-hybridized carbons (Fsp3) is 0.364. The van der Waals surface area contributed by atoms with Crippen LogP contribution in [0.3, 0.4) is 0 Å². The third kappa shape index (κ3) is 7.10. The summed E-state index contributed by atoms with van der Waals surface area (Å²) in [5.41, 5.74) is -0.873. The summed E-state index contributed by atoms with van der Waals surface area (Å²) in [4.78, 5) is 26.9. The van der Waals surface area contributed by atoms with Crippen molar-refractivity contribution in [1.82, 2.24) is 10.2 Å². The van der Waals surface area contributed by atoms with Crippen LogP contribution in [0.15, 0.2) is 48.5 Å². The first-order valence-electron chi connectivity index (χ1n) is 10.2. The second-order valence-corrected chi connectivity index (χ2v) is 9.82. The molecule has 2 aromatic carbocycles. The molecular formula is C22H25ClF3N3O4S. The molecule has 1 atom stereocenters. The molecule has 7 nitrogen and oxygen atoms in total. The van der Waals surface area contributed by atoms with Gasteiger partial charge in [0.05, 0.1) is 17.5 Å². The second-order valence-electron chi connectivity index (χ2n) is 7.50. The number of anilines is 1. The first kappa shape index (κ1) is 27.5. The highest BCUT2D eigenvalue weighted by Crippen LogP contribution is 2.32. The Morgan fingerprint density at radius 2 is 1.76 bits per heavy atom. The lowest BCUT2D eigenvalue weighted by atomic mass is 10.1. The van der Waals surface area contributed by atoms with Crippen molar-refractivity contribution >= 4 is 39.1 Å².